The average Bonchev–Trinajstić information content (AvgIpc) is 3.27. The molecule has 32 heavy (non-hydrogen) atoms. The van der Waals surface area contributed by atoms with Gasteiger partial charge in [0.2, 0.25) is 5.91 Å². The standard InChI is InChI=1S/C24H34FN3O4/c1-15-5-17(9-20(25)6-15)11-27-22(29)24-10-16(7-18-3-4-32-13-21(18)31-2)8-19(24)12-28(14-24)23(26)30/h5-6,9,16,18-19,21H,3-4,7-8,10-14H2,1-2H3,(H2,26,30)(H,27,29)/t16-,18?,19+,21?,24+/m1/s1. The number of hydrogen-bond donors (Lipinski definition) is 2. The molecule has 2 unspecified atom stereocenters. The first-order valence-electron chi connectivity index (χ1n) is 11.5. The van der Waals surface area contributed by atoms with Crippen LogP contribution in [0.3, 0.4) is 0 Å². The summed E-state index contributed by atoms with van der Waals surface area (Å²) in [5.41, 5.74) is 6.46. The third-order valence-electron chi connectivity index (χ3n) is 7.66. The number of primary amides is 1. The molecule has 1 aliphatic carbocycles. The first-order valence-corrected chi connectivity index (χ1v) is 11.5. The van der Waals surface area contributed by atoms with Crippen LogP contribution in [0, 0.1) is 35.9 Å². The van der Waals surface area contributed by atoms with E-state index in [-0.39, 0.29) is 30.3 Å². The predicted octanol–water partition coefficient (Wildman–Crippen LogP) is 2.60. The van der Waals surface area contributed by atoms with Crippen LogP contribution < -0.4 is 11.1 Å². The lowest BCUT2D eigenvalue weighted by atomic mass is 9.78. The van der Waals surface area contributed by atoms with E-state index in [0.717, 1.165) is 43.4 Å². The van der Waals surface area contributed by atoms with Gasteiger partial charge in [0.25, 0.3) is 0 Å². The minimum absolute atomic E-state index is 0.0640. The van der Waals surface area contributed by atoms with E-state index in [0.29, 0.717) is 31.5 Å². The van der Waals surface area contributed by atoms with Crippen LogP contribution in [0.5, 0.6) is 0 Å². The van der Waals surface area contributed by atoms with Crippen molar-refractivity contribution in [3.05, 3.63) is 35.1 Å². The fourth-order valence-electron chi connectivity index (χ4n) is 6.19. The Balaban J connectivity index is 1.47. The Morgan fingerprint density at radius 2 is 2.19 bits per heavy atom. The molecule has 176 valence electrons. The maximum Gasteiger partial charge on any atom is 0.314 e. The van der Waals surface area contributed by atoms with Gasteiger partial charge in [-0.3, -0.25) is 4.79 Å². The summed E-state index contributed by atoms with van der Waals surface area (Å²) in [7, 11) is 1.73. The molecule has 3 N–H and O–H groups in total. The Bertz CT molecular complexity index is 845. The third-order valence-corrected chi connectivity index (χ3v) is 7.66. The van der Waals surface area contributed by atoms with Gasteiger partial charge in [0, 0.05) is 33.4 Å². The zero-order valence-corrected chi connectivity index (χ0v) is 18.9. The molecule has 0 aromatic heterocycles. The van der Waals surface area contributed by atoms with Gasteiger partial charge >= 0.3 is 6.03 Å². The van der Waals surface area contributed by atoms with Gasteiger partial charge in [-0.15, -0.1) is 0 Å². The van der Waals surface area contributed by atoms with Crippen molar-refractivity contribution in [2.45, 2.75) is 45.3 Å². The minimum atomic E-state index is -0.643. The molecule has 3 aliphatic rings. The van der Waals surface area contributed by atoms with Crippen LogP contribution in [0.1, 0.15) is 36.8 Å². The Labute approximate surface area is 188 Å². The first kappa shape index (κ1) is 23.0. The van der Waals surface area contributed by atoms with Crippen LogP contribution in [0.2, 0.25) is 0 Å². The Hall–Kier alpha value is -2.19. The molecule has 1 saturated carbocycles. The number of aryl methyl sites for hydroxylation is 1. The van der Waals surface area contributed by atoms with Gasteiger partial charge in [0.1, 0.15) is 5.82 Å². The third kappa shape index (κ3) is 4.62. The lowest BCUT2D eigenvalue weighted by Gasteiger charge is -2.33. The molecule has 3 fully saturated rings. The van der Waals surface area contributed by atoms with Gasteiger partial charge in [-0.1, -0.05) is 6.07 Å². The fraction of sp³-hybridized carbons (Fsp3) is 0.667. The van der Waals surface area contributed by atoms with E-state index in [4.69, 9.17) is 15.2 Å². The zero-order valence-electron chi connectivity index (χ0n) is 18.9. The highest BCUT2D eigenvalue weighted by Gasteiger charge is 2.58. The number of halogens is 1. The van der Waals surface area contributed by atoms with Crippen LogP contribution in [0.25, 0.3) is 0 Å². The number of carbonyl (C=O) groups is 2. The molecule has 2 heterocycles. The summed E-state index contributed by atoms with van der Waals surface area (Å²) in [6, 6.07) is 4.30. The molecule has 2 aliphatic heterocycles. The second kappa shape index (κ2) is 9.35. The number of carbonyl (C=O) groups excluding carboxylic acids is 2. The number of likely N-dealkylation sites (tertiary alicyclic amines) is 1. The summed E-state index contributed by atoms with van der Waals surface area (Å²) >= 11 is 0. The average molecular weight is 448 g/mol. The number of methoxy groups -OCH3 is 1. The normalized spacial score (nSPS) is 32.0. The highest BCUT2D eigenvalue weighted by molar-refractivity contribution is 5.85. The number of nitrogens with two attached hydrogens (primary N) is 1. The van der Waals surface area contributed by atoms with Gasteiger partial charge in [0.05, 0.1) is 18.1 Å². The number of fused-ring (bicyclic) bond motifs is 1. The number of benzene rings is 1. The number of nitrogens with one attached hydrogen (secondary N) is 1. The number of rotatable bonds is 6. The summed E-state index contributed by atoms with van der Waals surface area (Å²) in [5.74, 6) is 0.510. The second-order valence-electron chi connectivity index (χ2n) is 9.83. The van der Waals surface area contributed by atoms with Crippen LogP contribution in [-0.4, -0.2) is 56.4 Å². The quantitative estimate of drug-likeness (QED) is 0.701. The van der Waals surface area contributed by atoms with Crippen molar-refractivity contribution in [2.75, 3.05) is 33.4 Å². The number of urea groups is 1. The molecule has 3 amide bonds. The van der Waals surface area contributed by atoms with E-state index in [1.807, 2.05) is 13.0 Å². The van der Waals surface area contributed by atoms with Crippen molar-refractivity contribution >= 4 is 11.9 Å². The molecule has 5 atom stereocenters. The largest absolute Gasteiger partial charge is 0.379 e. The van der Waals surface area contributed by atoms with Gasteiger partial charge in [-0.25, -0.2) is 9.18 Å². The topological polar surface area (TPSA) is 93.9 Å². The van der Waals surface area contributed by atoms with Crippen LogP contribution in [0.15, 0.2) is 18.2 Å². The summed E-state index contributed by atoms with van der Waals surface area (Å²) in [5, 5.41) is 3.03. The number of nitrogens with zero attached hydrogens (tertiary/aromatic N) is 1. The van der Waals surface area contributed by atoms with Crippen molar-refractivity contribution < 1.29 is 23.5 Å². The SMILES string of the molecule is COC1COCCC1C[C@@H]1C[C@H]2CN(C(N)=O)C[C@@]2(C(=O)NCc2cc(C)cc(F)c2)C1. The van der Waals surface area contributed by atoms with Crippen LogP contribution in [-0.2, 0) is 20.8 Å². The lowest BCUT2D eigenvalue weighted by molar-refractivity contribution is -0.131. The maximum absolute atomic E-state index is 13.8. The highest BCUT2D eigenvalue weighted by Crippen LogP contribution is 2.53. The summed E-state index contributed by atoms with van der Waals surface area (Å²) in [4.78, 5) is 27.0. The fourth-order valence-corrected chi connectivity index (χ4v) is 6.19. The molecule has 4 rings (SSSR count). The Morgan fingerprint density at radius 3 is 2.91 bits per heavy atom. The molecule has 0 bridgehead atoms. The monoisotopic (exact) mass is 447 g/mol. The highest BCUT2D eigenvalue weighted by atomic mass is 19.1. The second-order valence-corrected chi connectivity index (χ2v) is 9.83. The summed E-state index contributed by atoms with van der Waals surface area (Å²) in [6.45, 7) is 4.31. The number of amides is 3. The van der Waals surface area contributed by atoms with Gasteiger partial charge in [-0.2, -0.15) is 0 Å². The summed E-state index contributed by atoms with van der Waals surface area (Å²) in [6.07, 6.45) is 3.67. The smallest absolute Gasteiger partial charge is 0.314 e. The van der Waals surface area contributed by atoms with Crippen molar-refractivity contribution in [3.63, 3.8) is 0 Å². The van der Waals surface area contributed by atoms with Crippen molar-refractivity contribution in [3.8, 4) is 0 Å². The van der Waals surface area contributed by atoms with Gasteiger partial charge in [0.15, 0.2) is 0 Å². The molecular weight excluding hydrogens is 413 g/mol. The van der Waals surface area contributed by atoms with E-state index >= 15 is 0 Å². The van der Waals surface area contributed by atoms with E-state index < -0.39 is 11.4 Å². The van der Waals surface area contributed by atoms with Crippen molar-refractivity contribution in [1.82, 2.24) is 10.2 Å². The lowest BCUT2D eigenvalue weighted by Crippen LogP contribution is -2.45. The Kier molecular flexibility index (Phi) is 6.72. The van der Waals surface area contributed by atoms with E-state index in [9.17, 15) is 14.0 Å². The van der Waals surface area contributed by atoms with Gasteiger partial charge < -0.3 is 25.4 Å². The zero-order chi connectivity index (χ0) is 22.9. The first-order chi connectivity index (χ1) is 15.3. The van der Waals surface area contributed by atoms with Crippen molar-refractivity contribution in [2.24, 2.45) is 28.9 Å². The van der Waals surface area contributed by atoms with E-state index in [1.54, 1.807) is 12.0 Å². The molecule has 0 radical (unpaired) electrons. The van der Waals surface area contributed by atoms with Crippen LogP contribution in [0.4, 0.5) is 9.18 Å². The number of hydrogen-bond acceptors (Lipinski definition) is 4. The van der Waals surface area contributed by atoms with E-state index in [2.05, 4.69) is 5.32 Å². The van der Waals surface area contributed by atoms with E-state index in [1.165, 1.54) is 12.1 Å². The van der Waals surface area contributed by atoms with Crippen molar-refractivity contribution in [1.29, 1.82) is 0 Å². The molecule has 0 spiro atoms. The van der Waals surface area contributed by atoms with Gasteiger partial charge in [-0.05, 0) is 73.6 Å². The van der Waals surface area contributed by atoms with Crippen LogP contribution >= 0.6 is 0 Å². The molecular formula is C24H34FN3O4. The molecule has 7 nitrogen and oxygen atoms in total. The molecule has 2 saturated heterocycles. The minimum Gasteiger partial charge on any atom is -0.379 e. The molecule has 1 aromatic rings. The molecule has 1 aromatic carbocycles. The summed E-state index contributed by atoms with van der Waals surface area (Å²) < 4.78 is 24.9. The predicted molar refractivity (Wildman–Crippen MR) is 117 cm³/mol. The maximum atomic E-state index is 13.8. The molecule has 8 heteroatoms. The Morgan fingerprint density at radius 1 is 1.38 bits per heavy atom. The number of ether oxygens (including phenoxy) is 2.